The molecule has 2 heterocycles. The van der Waals surface area contributed by atoms with Gasteiger partial charge in [-0.1, -0.05) is 30.3 Å². The van der Waals surface area contributed by atoms with Crippen LogP contribution in [0, 0.1) is 0 Å². The highest BCUT2D eigenvalue weighted by Crippen LogP contribution is 2.22. The van der Waals surface area contributed by atoms with Gasteiger partial charge in [-0.15, -0.1) is 11.3 Å². The van der Waals surface area contributed by atoms with Crippen LogP contribution in [-0.4, -0.2) is 52.5 Å². The molecule has 0 aliphatic carbocycles. The van der Waals surface area contributed by atoms with Crippen molar-refractivity contribution in [3.8, 4) is 11.3 Å². The quantitative estimate of drug-likeness (QED) is 0.914. The molecule has 0 atom stereocenters. The second-order valence-electron chi connectivity index (χ2n) is 7.44. The van der Waals surface area contributed by atoms with E-state index in [4.69, 9.17) is 4.98 Å². The van der Waals surface area contributed by atoms with Crippen molar-refractivity contribution in [3.05, 3.63) is 40.7 Å². The van der Waals surface area contributed by atoms with Crippen molar-refractivity contribution in [3.63, 3.8) is 0 Å². The van der Waals surface area contributed by atoms with Crippen molar-refractivity contribution < 1.29 is 4.79 Å². The molecule has 1 aromatic heterocycles. The van der Waals surface area contributed by atoms with Gasteiger partial charge < -0.3 is 10.2 Å². The van der Waals surface area contributed by atoms with E-state index >= 15 is 0 Å². The van der Waals surface area contributed by atoms with Gasteiger partial charge >= 0.3 is 6.03 Å². The molecule has 0 unspecified atom stereocenters. The van der Waals surface area contributed by atoms with Crippen molar-refractivity contribution in [2.24, 2.45) is 0 Å². The van der Waals surface area contributed by atoms with E-state index in [0.717, 1.165) is 49.0 Å². The highest BCUT2D eigenvalue weighted by atomic mass is 32.1. The standard InChI is InChI=1S/C19H26N4OS/c1-19(2,3)21-18(24)23-11-9-22(10-12-23)13-17-20-16(14-25-17)15-7-5-4-6-8-15/h4-8,14H,9-13H2,1-3H3,(H,21,24). The number of aromatic nitrogens is 1. The summed E-state index contributed by atoms with van der Waals surface area (Å²) in [6.45, 7) is 10.2. The van der Waals surface area contributed by atoms with Gasteiger partial charge in [0, 0.05) is 42.7 Å². The van der Waals surface area contributed by atoms with Gasteiger partial charge in [0.1, 0.15) is 5.01 Å². The number of rotatable bonds is 3. The number of amides is 2. The van der Waals surface area contributed by atoms with Crippen LogP contribution in [0.15, 0.2) is 35.7 Å². The number of hydrogen-bond acceptors (Lipinski definition) is 4. The molecule has 2 aromatic rings. The van der Waals surface area contributed by atoms with E-state index in [-0.39, 0.29) is 11.6 Å². The fraction of sp³-hybridized carbons (Fsp3) is 0.474. The molecule has 0 saturated carbocycles. The normalized spacial score (nSPS) is 16.0. The summed E-state index contributed by atoms with van der Waals surface area (Å²) in [5.74, 6) is 0. The maximum absolute atomic E-state index is 12.2. The number of carbonyl (C=O) groups excluding carboxylic acids is 1. The molecule has 5 nitrogen and oxygen atoms in total. The molecule has 3 rings (SSSR count). The molecular weight excluding hydrogens is 332 g/mol. The second kappa shape index (κ2) is 7.54. The molecule has 25 heavy (non-hydrogen) atoms. The fourth-order valence-corrected chi connectivity index (χ4v) is 3.67. The SMILES string of the molecule is CC(C)(C)NC(=O)N1CCN(Cc2nc(-c3ccccc3)cs2)CC1. The van der Waals surface area contributed by atoms with Crippen molar-refractivity contribution in [1.82, 2.24) is 20.1 Å². The van der Waals surface area contributed by atoms with Crippen LogP contribution in [0.1, 0.15) is 25.8 Å². The molecule has 2 amide bonds. The Kier molecular flexibility index (Phi) is 5.39. The van der Waals surface area contributed by atoms with Crippen molar-refractivity contribution in [1.29, 1.82) is 0 Å². The molecule has 0 radical (unpaired) electrons. The highest BCUT2D eigenvalue weighted by molar-refractivity contribution is 7.09. The third kappa shape index (κ3) is 5.03. The molecule has 6 heteroatoms. The molecule has 1 aliphatic rings. The van der Waals surface area contributed by atoms with Crippen LogP contribution < -0.4 is 5.32 Å². The lowest BCUT2D eigenvalue weighted by atomic mass is 10.1. The number of benzene rings is 1. The van der Waals surface area contributed by atoms with Crippen molar-refractivity contribution >= 4 is 17.4 Å². The summed E-state index contributed by atoms with van der Waals surface area (Å²) in [6, 6.07) is 10.3. The van der Waals surface area contributed by atoms with E-state index in [1.54, 1.807) is 11.3 Å². The van der Waals surface area contributed by atoms with Crippen molar-refractivity contribution in [2.75, 3.05) is 26.2 Å². The number of urea groups is 1. The minimum absolute atomic E-state index is 0.0350. The topological polar surface area (TPSA) is 48.5 Å². The Morgan fingerprint density at radius 1 is 1.16 bits per heavy atom. The predicted molar refractivity (Wildman–Crippen MR) is 103 cm³/mol. The smallest absolute Gasteiger partial charge is 0.317 e. The maximum Gasteiger partial charge on any atom is 0.317 e. The Hall–Kier alpha value is -1.92. The van der Waals surface area contributed by atoms with E-state index in [0.29, 0.717) is 0 Å². The van der Waals surface area contributed by atoms with Crippen LogP contribution >= 0.6 is 11.3 Å². The first-order valence-electron chi connectivity index (χ1n) is 8.70. The van der Waals surface area contributed by atoms with E-state index in [1.165, 1.54) is 0 Å². The second-order valence-corrected chi connectivity index (χ2v) is 8.38. The molecule has 1 aliphatic heterocycles. The van der Waals surface area contributed by atoms with Gasteiger partial charge in [0.25, 0.3) is 0 Å². The Morgan fingerprint density at radius 3 is 2.48 bits per heavy atom. The average molecular weight is 359 g/mol. The van der Waals surface area contributed by atoms with E-state index in [9.17, 15) is 4.79 Å². The van der Waals surface area contributed by atoms with Crippen LogP contribution in [-0.2, 0) is 6.54 Å². The Morgan fingerprint density at radius 2 is 1.84 bits per heavy atom. The first kappa shape index (κ1) is 17.9. The van der Waals surface area contributed by atoms with Gasteiger partial charge in [0.05, 0.1) is 12.2 Å². The summed E-state index contributed by atoms with van der Waals surface area (Å²) in [5.41, 5.74) is 2.01. The molecule has 1 saturated heterocycles. The number of carbonyl (C=O) groups is 1. The molecule has 134 valence electrons. The third-order valence-electron chi connectivity index (χ3n) is 4.12. The molecule has 0 spiro atoms. The third-order valence-corrected chi connectivity index (χ3v) is 4.96. The van der Waals surface area contributed by atoms with Crippen LogP contribution in [0.3, 0.4) is 0 Å². The van der Waals surface area contributed by atoms with Gasteiger partial charge in [0.15, 0.2) is 0 Å². The lowest BCUT2D eigenvalue weighted by Crippen LogP contribution is -2.54. The van der Waals surface area contributed by atoms with E-state index < -0.39 is 0 Å². The lowest BCUT2D eigenvalue weighted by molar-refractivity contribution is 0.131. The first-order chi connectivity index (χ1) is 11.9. The van der Waals surface area contributed by atoms with Gasteiger partial charge in [0.2, 0.25) is 0 Å². The zero-order valence-electron chi connectivity index (χ0n) is 15.2. The zero-order valence-corrected chi connectivity index (χ0v) is 16.0. The van der Waals surface area contributed by atoms with E-state index in [2.05, 4.69) is 27.7 Å². The number of hydrogen-bond donors (Lipinski definition) is 1. The van der Waals surface area contributed by atoms with Gasteiger partial charge in [-0.2, -0.15) is 0 Å². The summed E-state index contributed by atoms with van der Waals surface area (Å²) < 4.78 is 0. The van der Waals surface area contributed by atoms with Crippen LogP contribution in [0.25, 0.3) is 11.3 Å². The van der Waals surface area contributed by atoms with Crippen LogP contribution in [0.4, 0.5) is 4.79 Å². The van der Waals surface area contributed by atoms with Crippen LogP contribution in [0.2, 0.25) is 0 Å². The zero-order chi connectivity index (χ0) is 17.9. The minimum Gasteiger partial charge on any atom is -0.333 e. The largest absolute Gasteiger partial charge is 0.333 e. The lowest BCUT2D eigenvalue weighted by Gasteiger charge is -2.36. The summed E-state index contributed by atoms with van der Waals surface area (Å²) in [5, 5.41) is 6.29. The molecule has 1 N–H and O–H groups in total. The summed E-state index contributed by atoms with van der Waals surface area (Å²) in [7, 11) is 0. The summed E-state index contributed by atoms with van der Waals surface area (Å²) in [6.07, 6.45) is 0. The molecule has 0 bridgehead atoms. The maximum atomic E-state index is 12.2. The number of nitrogens with zero attached hydrogens (tertiary/aromatic N) is 3. The van der Waals surface area contributed by atoms with Crippen molar-refractivity contribution in [2.45, 2.75) is 32.9 Å². The number of nitrogens with one attached hydrogen (secondary N) is 1. The van der Waals surface area contributed by atoms with Gasteiger partial charge in [-0.25, -0.2) is 9.78 Å². The van der Waals surface area contributed by atoms with Gasteiger partial charge in [-0.05, 0) is 20.8 Å². The average Bonchev–Trinajstić information content (AvgIpc) is 3.03. The molecule has 1 aromatic carbocycles. The Balaban J connectivity index is 1.51. The van der Waals surface area contributed by atoms with E-state index in [1.807, 2.05) is 43.9 Å². The highest BCUT2D eigenvalue weighted by Gasteiger charge is 2.24. The molecule has 1 fully saturated rings. The fourth-order valence-electron chi connectivity index (χ4n) is 2.83. The first-order valence-corrected chi connectivity index (χ1v) is 9.58. The minimum atomic E-state index is -0.192. The summed E-state index contributed by atoms with van der Waals surface area (Å²) >= 11 is 1.71. The number of thiazole rings is 1. The number of piperazine rings is 1. The summed E-state index contributed by atoms with van der Waals surface area (Å²) in [4.78, 5) is 21.3. The van der Waals surface area contributed by atoms with Gasteiger partial charge in [-0.3, -0.25) is 4.90 Å². The Labute approximate surface area is 153 Å². The predicted octanol–water partition coefficient (Wildman–Crippen LogP) is 3.44. The Bertz CT molecular complexity index is 700. The monoisotopic (exact) mass is 358 g/mol. The van der Waals surface area contributed by atoms with Crippen LogP contribution in [0.5, 0.6) is 0 Å². The molecular formula is C19H26N4OS.